The van der Waals surface area contributed by atoms with Crippen LogP contribution in [0.2, 0.25) is 0 Å². The van der Waals surface area contributed by atoms with Crippen LogP contribution in [0, 0.1) is 0 Å². The predicted octanol–water partition coefficient (Wildman–Crippen LogP) is 1.77. The van der Waals surface area contributed by atoms with Crippen LogP contribution in [-0.2, 0) is 16.0 Å². The molecule has 0 saturated carbocycles. The van der Waals surface area contributed by atoms with Crippen molar-refractivity contribution in [1.29, 1.82) is 0 Å². The van der Waals surface area contributed by atoms with Crippen LogP contribution in [0.1, 0.15) is 31.2 Å². The molecule has 0 aromatic heterocycles. The van der Waals surface area contributed by atoms with E-state index >= 15 is 0 Å². The van der Waals surface area contributed by atoms with Gasteiger partial charge in [-0.25, -0.2) is 0 Å². The molecule has 1 aromatic rings. The summed E-state index contributed by atoms with van der Waals surface area (Å²) in [5.41, 5.74) is 0.670. The number of piperidine rings is 1. The number of rotatable bonds is 5. The summed E-state index contributed by atoms with van der Waals surface area (Å²) in [6, 6.07) is 10.3. The zero-order chi connectivity index (χ0) is 17.9. The van der Waals surface area contributed by atoms with Gasteiger partial charge in [-0.1, -0.05) is 30.3 Å². The molecule has 5 nitrogen and oxygen atoms in total. The smallest absolute Gasteiger partial charge is 0.248 e. The minimum Gasteiger partial charge on any atom is -0.340 e. The Bertz CT molecular complexity index is 617. The van der Waals surface area contributed by atoms with Crippen molar-refractivity contribution in [3.8, 4) is 0 Å². The lowest BCUT2D eigenvalue weighted by Gasteiger charge is -2.45. The van der Waals surface area contributed by atoms with Gasteiger partial charge < -0.3 is 14.7 Å². The van der Waals surface area contributed by atoms with Crippen LogP contribution in [0.4, 0.5) is 0 Å². The van der Waals surface area contributed by atoms with Crippen molar-refractivity contribution in [2.45, 2.75) is 37.6 Å². The molecule has 1 unspecified atom stereocenters. The molecule has 2 heterocycles. The summed E-state index contributed by atoms with van der Waals surface area (Å²) in [7, 11) is 3.80. The number of amides is 2. The van der Waals surface area contributed by atoms with E-state index in [1.165, 1.54) is 5.56 Å². The van der Waals surface area contributed by atoms with Gasteiger partial charge in [-0.05, 0) is 51.8 Å². The van der Waals surface area contributed by atoms with Crippen LogP contribution in [-0.4, -0.2) is 72.3 Å². The predicted molar refractivity (Wildman–Crippen MR) is 98.2 cm³/mol. The third-order valence-electron chi connectivity index (χ3n) is 5.46. The van der Waals surface area contributed by atoms with Gasteiger partial charge in [0.05, 0.1) is 6.54 Å². The Labute approximate surface area is 150 Å². The number of hydrogen-bond donors (Lipinski definition) is 0. The highest BCUT2D eigenvalue weighted by atomic mass is 16.2. The first kappa shape index (κ1) is 17.9. The average Bonchev–Trinajstić information content (AvgIpc) is 3.01. The minimum absolute atomic E-state index is 0.0840. The molecule has 0 bridgehead atoms. The molecular formula is C20H29N3O2. The topological polar surface area (TPSA) is 43.9 Å². The summed E-state index contributed by atoms with van der Waals surface area (Å²) in [6.45, 7) is 2.63. The molecule has 1 atom stereocenters. The largest absolute Gasteiger partial charge is 0.340 e. The van der Waals surface area contributed by atoms with Crippen molar-refractivity contribution >= 4 is 11.8 Å². The van der Waals surface area contributed by atoms with E-state index in [4.69, 9.17) is 0 Å². The van der Waals surface area contributed by atoms with Crippen LogP contribution in [0.3, 0.4) is 0 Å². The number of carbonyl (C=O) groups is 2. The van der Waals surface area contributed by atoms with E-state index in [-0.39, 0.29) is 11.8 Å². The van der Waals surface area contributed by atoms with E-state index in [0.717, 1.165) is 45.2 Å². The zero-order valence-corrected chi connectivity index (χ0v) is 15.4. The lowest BCUT2D eigenvalue weighted by molar-refractivity contribution is -0.155. The van der Waals surface area contributed by atoms with Crippen LogP contribution in [0.5, 0.6) is 0 Å². The van der Waals surface area contributed by atoms with Gasteiger partial charge in [0.15, 0.2) is 0 Å². The molecule has 136 valence electrons. The van der Waals surface area contributed by atoms with Crippen molar-refractivity contribution in [3.63, 3.8) is 0 Å². The Morgan fingerprint density at radius 3 is 2.48 bits per heavy atom. The zero-order valence-electron chi connectivity index (χ0n) is 15.4. The van der Waals surface area contributed by atoms with Gasteiger partial charge in [0, 0.05) is 19.6 Å². The van der Waals surface area contributed by atoms with E-state index in [0.29, 0.717) is 13.1 Å². The van der Waals surface area contributed by atoms with Crippen LogP contribution in [0.15, 0.2) is 30.3 Å². The second-order valence-electron chi connectivity index (χ2n) is 7.55. The minimum atomic E-state index is -0.581. The first-order valence-corrected chi connectivity index (χ1v) is 9.31. The highest BCUT2D eigenvalue weighted by Gasteiger charge is 2.52. The Hall–Kier alpha value is -1.88. The maximum atomic E-state index is 13.3. The number of nitrogens with zero attached hydrogens (tertiary/aromatic N) is 3. The molecule has 2 saturated heterocycles. The normalized spacial score (nSPS) is 23.7. The molecule has 2 aliphatic rings. The molecule has 0 aliphatic carbocycles. The first-order valence-electron chi connectivity index (χ1n) is 9.31. The lowest BCUT2D eigenvalue weighted by atomic mass is 9.85. The Balaban J connectivity index is 1.70. The molecule has 25 heavy (non-hydrogen) atoms. The van der Waals surface area contributed by atoms with Gasteiger partial charge in [0.1, 0.15) is 5.54 Å². The average molecular weight is 343 g/mol. The number of carbonyl (C=O) groups excluding carboxylic acids is 2. The summed E-state index contributed by atoms with van der Waals surface area (Å²) >= 11 is 0. The lowest BCUT2D eigenvalue weighted by Crippen LogP contribution is -2.62. The van der Waals surface area contributed by atoms with Gasteiger partial charge >= 0.3 is 0 Å². The van der Waals surface area contributed by atoms with E-state index in [9.17, 15) is 9.59 Å². The summed E-state index contributed by atoms with van der Waals surface area (Å²) in [5, 5.41) is 0. The highest BCUT2D eigenvalue weighted by Crippen LogP contribution is 2.38. The molecule has 2 fully saturated rings. The fourth-order valence-corrected chi connectivity index (χ4v) is 4.27. The van der Waals surface area contributed by atoms with Gasteiger partial charge in [0.2, 0.25) is 11.8 Å². The molecule has 1 spiro atoms. The van der Waals surface area contributed by atoms with Crippen LogP contribution < -0.4 is 0 Å². The summed E-state index contributed by atoms with van der Waals surface area (Å²) in [6.07, 6.45) is 4.40. The molecule has 5 heteroatoms. The van der Waals surface area contributed by atoms with E-state index < -0.39 is 5.54 Å². The summed E-state index contributed by atoms with van der Waals surface area (Å²) in [4.78, 5) is 31.7. The quantitative estimate of drug-likeness (QED) is 0.818. The second-order valence-corrected chi connectivity index (χ2v) is 7.55. The Morgan fingerprint density at radius 1 is 1.12 bits per heavy atom. The maximum absolute atomic E-state index is 13.3. The monoisotopic (exact) mass is 343 g/mol. The van der Waals surface area contributed by atoms with Gasteiger partial charge in [-0.15, -0.1) is 0 Å². The molecule has 2 amide bonds. The Kier molecular flexibility index (Phi) is 5.42. The number of hydrogen-bond acceptors (Lipinski definition) is 3. The van der Waals surface area contributed by atoms with Crippen molar-refractivity contribution in [2.75, 3.05) is 40.3 Å². The Morgan fingerprint density at radius 2 is 1.80 bits per heavy atom. The molecular weight excluding hydrogens is 314 g/mol. The van der Waals surface area contributed by atoms with Crippen molar-refractivity contribution in [3.05, 3.63) is 35.9 Å². The van der Waals surface area contributed by atoms with E-state index in [1.54, 1.807) is 0 Å². The van der Waals surface area contributed by atoms with Crippen LogP contribution >= 0.6 is 0 Å². The third-order valence-corrected chi connectivity index (χ3v) is 5.46. The van der Waals surface area contributed by atoms with E-state index in [1.807, 2.05) is 47.0 Å². The molecule has 2 aliphatic heterocycles. The summed E-state index contributed by atoms with van der Waals surface area (Å²) < 4.78 is 0. The van der Waals surface area contributed by atoms with E-state index in [2.05, 4.69) is 12.1 Å². The van der Waals surface area contributed by atoms with Crippen molar-refractivity contribution < 1.29 is 9.59 Å². The molecule has 1 aromatic carbocycles. The maximum Gasteiger partial charge on any atom is 0.248 e. The molecule has 0 radical (unpaired) electrons. The second kappa shape index (κ2) is 7.56. The van der Waals surface area contributed by atoms with Gasteiger partial charge in [-0.2, -0.15) is 0 Å². The molecule has 3 rings (SSSR count). The SMILES string of the molecule is CN(C)CC(=O)N1CCCC12CCCN(CCc1ccccc1)C2=O. The van der Waals surface area contributed by atoms with Gasteiger partial charge in [0.25, 0.3) is 0 Å². The highest BCUT2D eigenvalue weighted by molar-refractivity contribution is 5.93. The van der Waals surface area contributed by atoms with Crippen molar-refractivity contribution in [1.82, 2.24) is 14.7 Å². The van der Waals surface area contributed by atoms with Crippen molar-refractivity contribution in [2.24, 2.45) is 0 Å². The third kappa shape index (κ3) is 3.71. The number of likely N-dealkylation sites (N-methyl/N-ethyl adjacent to an activating group) is 1. The summed E-state index contributed by atoms with van der Waals surface area (Å²) in [5.74, 6) is 0.250. The fourth-order valence-electron chi connectivity index (χ4n) is 4.27. The molecule has 0 N–H and O–H groups in total. The van der Waals surface area contributed by atoms with Crippen LogP contribution in [0.25, 0.3) is 0 Å². The first-order chi connectivity index (χ1) is 12.0. The fraction of sp³-hybridized carbons (Fsp3) is 0.600. The van der Waals surface area contributed by atoms with Gasteiger partial charge in [-0.3, -0.25) is 9.59 Å². The number of benzene rings is 1. The standard InChI is InChI=1S/C20H29N3O2/c1-21(2)16-18(24)23-14-7-12-20(23)11-6-13-22(19(20)25)15-10-17-8-4-3-5-9-17/h3-5,8-9H,6-7,10-16H2,1-2H3. The number of likely N-dealkylation sites (tertiary alicyclic amines) is 2.